The molecule has 1 unspecified atom stereocenters. The van der Waals surface area contributed by atoms with Gasteiger partial charge in [-0.3, -0.25) is 19.3 Å². The number of amides is 3. The molecule has 4 rings (SSSR count). The highest BCUT2D eigenvalue weighted by molar-refractivity contribution is 6.23. The summed E-state index contributed by atoms with van der Waals surface area (Å²) in [6.07, 6.45) is -0.0361. The van der Waals surface area contributed by atoms with Gasteiger partial charge in [-0.25, -0.2) is 4.90 Å². The number of carbonyl (C=O) groups excluding carboxylic acids is 3. The van der Waals surface area contributed by atoms with Gasteiger partial charge in [0, 0.05) is 31.7 Å². The Hall–Kier alpha value is -3.23. The Morgan fingerprint density at radius 3 is 2.45 bits per heavy atom. The average Bonchev–Trinajstić information content (AvgIpc) is 3.13. The smallest absolute Gasteiger partial charge is 0.257 e. The highest BCUT2D eigenvalue weighted by Gasteiger charge is 2.44. The Kier molecular flexibility index (Phi) is 7.05. The van der Waals surface area contributed by atoms with E-state index in [1.807, 2.05) is 25.1 Å². The van der Waals surface area contributed by atoms with Gasteiger partial charge in [0.1, 0.15) is 11.8 Å². The van der Waals surface area contributed by atoms with Crippen molar-refractivity contribution < 1.29 is 23.9 Å². The lowest BCUT2D eigenvalue weighted by Crippen LogP contribution is -2.49. The third-order valence-electron chi connectivity index (χ3n) is 6.23. The Balaban J connectivity index is 1.59. The summed E-state index contributed by atoms with van der Waals surface area (Å²) < 4.78 is 10.6. The fraction of sp³-hybridized carbons (Fsp3) is 0.400. The molecule has 0 spiro atoms. The van der Waals surface area contributed by atoms with Crippen molar-refractivity contribution in [1.29, 1.82) is 0 Å². The fourth-order valence-corrected chi connectivity index (χ4v) is 4.30. The van der Waals surface area contributed by atoms with Crippen LogP contribution in [0.15, 0.2) is 48.5 Å². The zero-order valence-electron chi connectivity index (χ0n) is 19.0. The molecule has 2 heterocycles. The monoisotopic (exact) mass is 451 g/mol. The molecule has 0 radical (unpaired) electrons. The van der Waals surface area contributed by atoms with Crippen LogP contribution in [0.4, 0.5) is 5.69 Å². The molecule has 0 aromatic heterocycles. The Labute approximate surface area is 193 Å². The van der Waals surface area contributed by atoms with Crippen LogP contribution in [0.2, 0.25) is 0 Å². The molecule has 8 nitrogen and oxygen atoms in total. The summed E-state index contributed by atoms with van der Waals surface area (Å²) >= 11 is 0. The van der Waals surface area contributed by atoms with E-state index in [9.17, 15) is 14.4 Å². The van der Waals surface area contributed by atoms with Crippen LogP contribution < -0.4 is 9.64 Å². The summed E-state index contributed by atoms with van der Waals surface area (Å²) in [4.78, 5) is 44.9. The average molecular weight is 452 g/mol. The Morgan fingerprint density at radius 1 is 1.09 bits per heavy atom. The topological polar surface area (TPSA) is 79.4 Å². The van der Waals surface area contributed by atoms with Gasteiger partial charge >= 0.3 is 0 Å². The maximum Gasteiger partial charge on any atom is 0.257 e. The number of methoxy groups -OCH3 is 1. The highest BCUT2D eigenvalue weighted by atomic mass is 16.5. The van der Waals surface area contributed by atoms with Gasteiger partial charge in [-0.1, -0.05) is 18.2 Å². The van der Waals surface area contributed by atoms with Crippen molar-refractivity contribution in [3.63, 3.8) is 0 Å². The SMILES string of the molecule is COc1ccc(N2C(=O)CC(N(CCN3CCOCC3)C(=O)c3ccccc3C)C2=O)cc1. The summed E-state index contributed by atoms with van der Waals surface area (Å²) in [7, 11) is 1.56. The van der Waals surface area contributed by atoms with Crippen molar-refractivity contribution >= 4 is 23.4 Å². The predicted octanol–water partition coefficient (Wildman–Crippen LogP) is 2.11. The lowest BCUT2D eigenvalue weighted by Gasteiger charge is -2.32. The number of ether oxygens (including phenoxy) is 2. The molecule has 3 amide bonds. The molecular weight excluding hydrogens is 422 g/mol. The van der Waals surface area contributed by atoms with Gasteiger partial charge in [0.25, 0.3) is 11.8 Å². The first kappa shape index (κ1) is 22.9. The zero-order chi connectivity index (χ0) is 23.4. The second kappa shape index (κ2) is 10.1. The quantitative estimate of drug-likeness (QED) is 0.600. The van der Waals surface area contributed by atoms with E-state index < -0.39 is 6.04 Å². The van der Waals surface area contributed by atoms with Gasteiger partial charge in [0.2, 0.25) is 5.91 Å². The number of carbonyl (C=O) groups is 3. The molecule has 1 atom stereocenters. The van der Waals surface area contributed by atoms with Gasteiger partial charge in [0.15, 0.2) is 0 Å². The van der Waals surface area contributed by atoms with Gasteiger partial charge in [0.05, 0.1) is 32.4 Å². The maximum atomic E-state index is 13.6. The van der Waals surface area contributed by atoms with Crippen LogP contribution in [-0.4, -0.2) is 80.1 Å². The number of benzene rings is 2. The van der Waals surface area contributed by atoms with Crippen molar-refractivity contribution in [2.45, 2.75) is 19.4 Å². The normalized spacial score (nSPS) is 19.1. The number of hydrogen-bond donors (Lipinski definition) is 0. The van der Waals surface area contributed by atoms with Gasteiger partial charge in [-0.05, 0) is 42.8 Å². The largest absolute Gasteiger partial charge is 0.497 e. The van der Waals surface area contributed by atoms with E-state index in [-0.39, 0.29) is 24.1 Å². The second-order valence-electron chi connectivity index (χ2n) is 8.25. The van der Waals surface area contributed by atoms with Crippen LogP contribution in [0.25, 0.3) is 0 Å². The maximum absolute atomic E-state index is 13.6. The minimum absolute atomic E-state index is 0.0361. The van der Waals surface area contributed by atoms with Crippen molar-refractivity contribution in [3.8, 4) is 5.75 Å². The van der Waals surface area contributed by atoms with Crippen LogP contribution in [0, 0.1) is 6.92 Å². The molecule has 0 aliphatic carbocycles. The van der Waals surface area contributed by atoms with E-state index in [2.05, 4.69) is 4.90 Å². The molecule has 2 aromatic carbocycles. The first-order valence-corrected chi connectivity index (χ1v) is 11.2. The fourth-order valence-electron chi connectivity index (χ4n) is 4.30. The first-order chi connectivity index (χ1) is 16.0. The van der Waals surface area contributed by atoms with Crippen molar-refractivity contribution in [2.24, 2.45) is 0 Å². The van der Waals surface area contributed by atoms with Gasteiger partial charge in [-0.15, -0.1) is 0 Å². The summed E-state index contributed by atoms with van der Waals surface area (Å²) in [6, 6.07) is 13.3. The molecule has 2 aromatic rings. The molecule has 2 aliphatic heterocycles. The molecular formula is C25H29N3O5. The number of morpholine rings is 1. The number of aryl methyl sites for hydroxylation is 1. The lowest BCUT2D eigenvalue weighted by atomic mass is 10.1. The van der Waals surface area contributed by atoms with Crippen LogP contribution >= 0.6 is 0 Å². The van der Waals surface area contributed by atoms with E-state index in [1.165, 1.54) is 4.90 Å². The Bertz CT molecular complexity index is 1020. The summed E-state index contributed by atoms with van der Waals surface area (Å²) in [5.74, 6) is -0.293. The molecule has 174 valence electrons. The highest BCUT2D eigenvalue weighted by Crippen LogP contribution is 2.28. The first-order valence-electron chi connectivity index (χ1n) is 11.2. The number of rotatable bonds is 7. The zero-order valence-corrected chi connectivity index (χ0v) is 19.0. The second-order valence-corrected chi connectivity index (χ2v) is 8.25. The third kappa shape index (κ3) is 4.91. The van der Waals surface area contributed by atoms with E-state index in [4.69, 9.17) is 9.47 Å². The van der Waals surface area contributed by atoms with E-state index in [0.29, 0.717) is 43.3 Å². The standard InChI is InChI=1S/C25H29N3O5/c1-18-5-3-4-6-21(18)24(30)27(12-11-26-13-15-33-16-14-26)22-17-23(29)28(25(22)31)19-7-9-20(32-2)10-8-19/h3-10,22H,11-17H2,1-2H3. The van der Waals surface area contributed by atoms with Gasteiger partial charge in [-0.2, -0.15) is 0 Å². The summed E-state index contributed by atoms with van der Waals surface area (Å²) in [5.41, 5.74) is 1.86. The van der Waals surface area contributed by atoms with Crippen molar-refractivity contribution in [3.05, 3.63) is 59.7 Å². The molecule has 2 aliphatic rings. The molecule has 0 N–H and O–H groups in total. The third-order valence-corrected chi connectivity index (χ3v) is 6.23. The van der Waals surface area contributed by atoms with Crippen molar-refractivity contribution in [2.75, 3.05) is 51.4 Å². The predicted molar refractivity (Wildman–Crippen MR) is 123 cm³/mol. The molecule has 2 saturated heterocycles. The molecule has 33 heavy (non-hydrogen) atoms. The molecule has 0 saturated carbocycles. The minimum atomic E-state index is -0.840. The van der Waals surface area contributed by atoms with Crippen LogP contribution in [0.3, 0.4) is 0 Å². The van der Waals surface area contributed by atoms with Gasteiger partial charge < -0.3 is 14.4 Å². The van der Waals surface area contributed by atoms with Crippen LogP contribution in [0.1, 0.15) is 22.3 Å². The summed E-state index contributed by atoms with van der Waals surface area (Å²) in [6.45, 7) is 5.70. The Morgan fingerprint density at radius 2 is 1.79 bits per heavy atom. The number of anilines is 1. The van der Waals surface area contributed by atoms with E-state index >= 15 is 0 Å². The molecule has 8 heteroatoms. The summed E-state index contributed by atoms with van der Waals surface area (Å²) in [5, 5.41) is 0. The van der Waals surface area contributed by atoms with E-state index in [1.54, 1.807) is 42.3 Å². The number of hydrogen-bond acceptors (Lipinski definition) is 6. The lowest BCUT2D eigenvalue weighted by molar-refractivity contribution is -0.122. The van der Waals surface area contributed by atoms with E-state index in [0.717, 1.165) is 18.7 Å². The molecule has 2 fully saturated rings. The minimum Gasteiger partial charge on any atom is -0.497 e. The van der Waals surface area contributed by atoms with Crippen LogP contribution in [0.5, 0.6) is 5.75 Å². The van der Waals surface area contributed by atoms with Crippen molar-refractivity contribution in [1.82, 2.24) is 9.80 Å². The number of nitrogens with zero attached hydrogens (tertiary/aromatic N) is 3. The molecule has 0 bridgehead atoms. The van der Waals surface area contributed by atoms with Crippen LogP contribution in [-0.2, 0) is 14.3 Å². The number of imide groups is 1.